The highest BCUT2D eigenvalue weighted by atomic mass is 35.5. The van der Waals surface area contributed by atoms with Crippen molar-refractivity contribution in [3.63, 3.8) is 0 Å². The molecule has 0 spiro atoms. The van der Waals surface area contributed by atoms with E-state index in [4.69, 9.17) is 11.6 Å². The maximum atomic E-state index is 12.2. The van der Waals surface area contributed by atoms with Gasteiger partial charge in [-0.15, -0.1) is 0 Å². The van der Waals surface area contributed by atoms with E-state index >= 15 is 0 Å². The van der Waals surface area contributed by atoms with Gasteiger partial charge in [0.2, 0.25) is 0 Å². The number of rotatable bonds is 5. The van der Waals surface area contributed by atoms with E-state index in [1.807, 2.05) is 11.8 Å². The molecule has 5 nitrogen and oxygen atoms in total. The summed E-state index contributed by atoms with van der Waals surface area (Å²) in [4.78, 5) is 22.4. The van der Waals surface area contributed by atoms with Crippen LogP contribution in [0.1, 0.15) is 36.5 Å². The predicted molar refractivity (Wildman–Crippen MR) is 85.1 cm³/mol. The molecule has 1 aromatic rings. The highest BCUT2D eigenvalue weighted by Gasteiger charge is 2.29. The Morgan fingerprint density at radius 3 is 2.90 bits per heavy atom. The Morgan fingerprint density at radius 2 is 2.29 bits per heavy atom. The van der Waals surface area contributed by atoms with Crippen molar-refractivity contribution in [3.05, 3.63) is 38.9 Å². The Balaban J connectivity index is 2.06. The summed E-state index contributed by atoms with van der Waals surface area (Å²) in [5.41, 5.74) is 0.172. The van der Waals surface area contributed by atoms with Crippen molar-refractivity contribution in [2.24, 2.45) is 0 Å². The first-order chi connectivity index (χ1) is 10.0. The molecule has 1 aliphatic carbocycles. The average Bonchev–Trinajstić information content (AvgIpc) is 2.86. The van der Waals surface area contributed by atoms with Crippen molar-refractivity contribution >= 4 is 35.0 Å². The summed E-state index contributed by atoms with van der Waals surface area (Å²) in [5.74, 6) is 0.806. The van der Waals surface area contributed by atoms with Gasteiger partial charge in [-0.25, -0.2) is 0 Å². The van der Waals surface area contributed by atoms with E-state index in [1.165, 1.54) is 18.2 Å². The minimum Gasteiger partial charge on any atom is -0.348 e. The number of nitrogens with one attached hydrogen (secondary N) is 1. The number of carbonyl (C=O) groups excluding carboxylic acids is 1. The van der Waals surface area contributed by atoms with Crippen molar-refractivity contribution in [1.29, 1.82) is 0 Å². The van der Waals surface area contributed by atoms with E-state index in [0.29, 0.717) is 10.8 Å². The smallest absolute Gasteiger partial charge is 0.287 e. The van der Waals surface area contributed by atoms with Gasteiger partial charge in [0.05, 0.1) is 4.92 Å². The zero-order chi connectivity index (χ0) is 15.4. The lowest BCUT2D eigenvalue weighted by Crippen LogP contribution is -2.38. The maximum absolute atomic E-state index is 12.2. The maximum Gasteiger partial charge on any atom is 0.287 e. The lowest BCUT2D eigenvalue weighted by molar-refractivity contribution is -0.384. The number of amides is 1. The number of benzene rings is 1. The minimum absolute atomic E-state index is 0.0152. The Morgan fingerprint density at radius 1 is 1.52 bits per heavy atom. The zero-order valence-corrected chi connectivity index (χ0v) is 13.2. The van der Waals surface area contributed by atoms with Gasteiger partial charge in [-0.05, 0) is 30.7 Å². The minimum atomic E-state index is -0.561. The third-order valence-electron chi connectivity index (χ3n) is 3.56. The molecule has 2 rings (SSSR count). The molecule has 1 N–H and O–H groups in total. The van der Waals surface area contributed by atoms with Crippen LogP contribution in [0.15, 0.2) is 18.2 Å². The molecule has 114 valence electrons. The molecule has 0 aromatic heterocycles. The lowest BCUT2D eigenvalue weighted by Gasteiger charge is -2.20. The second-order valence-electron chi connectivity index (χ2n) is 4.93. The summed E-state index contributed by atoms with van der Waals surface area (Å²) < 4.78 is 0. The summed E-state index contributed by atoms with van der Waals surface area (Å²) in [5, 5.41) is 14.2. The van der Waals surface area contributed by atoms with Crippen LogP contribution in [0.3, 0.4) is 0 Å². The van der Waals surface area contributed by atoms with Gasteiger partial charge in [0.15, 0.2) is 0 Å². The molecule has 1 amide bonds. The third kappa shape index (κ3) is 3.89. The molecule has 0 saturated heterocycles. The van der Waals surface area contributed by atoms with E-state index in [9.17, 15) is 14.9 Å². The highest BCUT2D eigenvalue weighted by Crippen LogP contribution is 2.30. The molecule has 0 radical (unpaired) electrons. The van der Waals surface area contributed by atoms with Gasteiger partial charge in [-0.3, -0.25) is 14.9 Å². The molecule has 2 atom stereocenters. The van der Waals surface area contributed by atoms with Gasteiger partial charge in [0.25, 0.3) is 11.6 Å². The summed E-state index contributed by atoms with van der Waals surface area (Å²) in [6.45, 7) is 2.11. The summed E-state index contributed by atoms with van der Waals surface area (Å²) in [6.07, 6.45) is 3.21. The van der Waals surface area contributed by atoms with Crippen LogP contribution in [0.4, 0.5) is 5.69 Å². The molecule has 0 aliphatic heterocycles. The van der Waals surface area contributed by atoms with Crippen LogP contribution in [0, 0.1) is 10.1 Å². The van der Waals surface area contributed by atoms with Gasteiger partial charge in [-0.1, -0.05) is 24.9 Å². The van der Waals surface area contributed by atoms with E-state index in [0.717, 1.165) is 25.0 Å². The Hall–Kier alpha value is -1.27. The summed E-state index contributed by atoms with van der Waals surface area (Å²) in [6, 6.07) is 4.23. The first kappa shape index (κ1) is 16.1. The molecular formula is C14H17ClN2O3S. The number of nitro benzene ring substituents is 1. The van der Waals surface area contributed by atoms with Crippen LogP contribution in [-0.2, 0) is 0 Å². The van der Waals surface area contributed by atoms with E-state index in [1.54, 1.807) is 0 Å². The predicted octanol–water partition coefficient (Wildman–Crippen LogP) is 3.65. The fraction of sp³-hybridized carbons (Fsp3) is 0.500. The zero-order valence-electron chi connectivity index (χ0n) is 11.7. The molecule has 7 heteroatoms. The van der Waals surface area contributed by atoms with Crippen molar-refractivity contribution in [3.8, 4) is 0 Å². The molecule has 1 aliphatic rings. The first-order valence-electron chi connectivity index (χ1n) is 6.89. The van der Waals surface area contributed by atoms with Gasteiger partial charge in [0.1, 0.15) is 5.02 Å². The molecule has 0 bridgehead atoms. The average molecular weight is 329 g/mol. The molecule has 21 heavy (non-hydrogen) atoms. The number of thioether (sulfide) groups is 1. The molecule has 1 saturated carbocycles. The van der Waals surface area contributed by atoms with Gasteiger partial charge < -0.3 is 5.32 Å². The fourth-order valence-corrected chi connectivity index (χ4v) is 4.00. The molecule has 1 aromatic carbocycles. The monoisotopic (exact) mass is 328 g/mol. The summed E-state index contributed by atoms with van der Waals surface area (Å²) >= 11 is 7.70. The van der Waals surface area contributed by atoms with Crippen LogP contribution in [0.2, 0.25) is 5.02 Å². The quantitative estimate of drug-likeness (QED) is 0.661. The first-order valence-corrected chi connectivity index (χ1v) is 8.32. The fourth-order valence-electron chi connectivity index (χ4n) is 2.55. The second kappa shape index (κ2) is 7.13. The lowest BCUT2D eigenvalue weighted by atomic mass is 10.1. The largest absolute Gasteiger partial charge is 0.348 e. The molecule has 0 heterocycles. The van der Waals surface area contributed by atoms with Gasteiger partial charge >= 0.3 is 0 Å². The SMILES string of the molecule is CCSC1CCCC1NC(=O)c1ccc([N+](=O)[O-])c(Cl)c1. The van der Waals surface area contributed by atoms with Crippen LogP contribution in [0.25, 0.3) is 0 Å². The Bertz CT molecular complexity index is 553. The molecule has 2 unspecified atom stereocenters. The van der Waals surface area contributed by atoms with Crippen molar-refractivity contribution in [2.75, 3.05) is 5.75 Å². The van der Waals surface area contributed by atoms with Crippen molar-refractivity contribution < 1.29 is 9.72 Å². The normalized spacial score (nSPS) is 21.2. The highest BCUT2D eigenvalue weighted by molar-refractivity contribution is 7.99. The standard InChI is InChI=1S/C14H17ClN2O3S/c1-2-21-13-5-3-4-11(13)16-14(18)9-6-7-12(17(19)20)10(15)8-9/h6-8,11,13H,2-5H2,1H3,(H,16,18). The third-order valence-corrected chi connectivity index (χ3v) is 5.18. The second-order valence-corrected chi connectivity index (χ2v) is 6.85. The summed E-state index contributed by atoms with van der Waals surface area (Å²) in [7, 11) is 0. The van der Waals surface area contributed by atoms with Crippen LogP contribution in [0.5, 0.6) is 0 Å². The Kier molecular flexibility index (Phi) is 5.47. The molecule has 1 fully saturated rings. The number of hydrogen-bond acceptors (Lipinski definition) is 4. The molecular weight excluding hydrogens is 312 g/mol. The van der Waals surface area contributed by atoms with Crippen LogP contribution >= 0.6 is 23.4 Å². The van der Waals surface area contributed by atoms with Gasteiger partial charge in [-0.2, -0.15) is 11.8 Å². The number of nitro groups is 1. The Labute approximate surface area is 132 Å². The van der Waals surface area contributed by atoms with Crippen LogP contribution < -0.4 is 5.32 Å². The van der Waals surface area contributed by atoms with Crippen molar-refractivity contribution in [1.82, 2.24) is 5.32 Å². The van der Waals surface area contributed by atoms with Crippen molar-refractivity contribution in [2.45, 2.75) is 37.5 Å². The number of carbonyl (C=O) groups is 1. The van der Waals surface area contributed by atoms with E-state index < -0.39 is 4.92 Å². The van der Waals surface area contributed by atoms with Crippen LogP contribution in [-0.4, -0.2) is 27.9 Å². The van der Waals surface area contributed by atoms with Gasteiger partial charge in [0, 0.05) is 22.9 Å². The van der Waals surface area contributed by atoms with E-state index in [-0.39, 0.29) is 22.7 Å². The number of nitrogens with zero attached hydrogens (tertiary/aromatic N) is 1. The number of hydrogen-bond donors (Lipinski definition) is 1. The van der Waals surface area contributed by atoms with E-state index in [2.05, 4.69) is 12.2 Å². The topological polar surface area (TPSA) is 72.2 Å². The number of halogens is 1.